The van der Waals surface area contributed by atoms with Crippen molar-refractivity contribution in [2.75, 3.05) is 13.2 Å². The Balaban J connectivity index is 5.80. The van der Waals surface area contributed by atoms with Crippen molar-refractivity contribution in [3.05, 3.63) is 0 Å². The lowest BCUT2D eigenvalue weighted by molar-refractivity contribution is -0.191. The fraction of sp³-hybridized carbons (Fsp3) is 0.625. The molecular formula is C16H22O11. The zero-order chi connectivity index (χ0) is 21.1. The number of carbonyl (C=O) groups is 6. The second-order valence-electron chi connectivity index (χ2n) is 5.30. The Morgan fingerprint density at radius 2 is 1.11 bits per heavy atom. The van der Waals surface area contributed by atoms with Crippen LogP contribution in [0.25, 0.3) is 0 Å². The van der Waals surface area contributed by atoms with Gasteiger partial charge in [0.1, 0.15) is 6.61 Å². The van der Waals surface area contributed by atoms with Gasteiger partial charge in [0, 0.05) is 34.6 Å². The lowest BCUT2D eigenvalue weighted by Crippen LogP contribution is -2.51. The molecule has 152 valence electrons. The normalized spacial score (nSPS) is 13.4. The molecule has 0 N–H and O–H groups in total. The Kier molecular flexibility index (Phi) is 10.3. The summed E-state index contributed by atoms with van der Waals surface area (Å²) in [5.41, 5.74) is 0. The summed E-state index contributed by atoms with van der Waals surface area (Å²) in [5.74, 6) is -5.08. The molecule has 0 bridgehead atoms. The van der Waals surface area contributed by atoms with Crippen molar-refractivity contribution in [1.82, 2.24) is 0 Å². The van der Waals surface area contributed by atoms with Gasteiger partial charge in [-0.25, -0.2) is 0 Å². The topological polar surface area (TPSA) is 149 Å². The monoisotopic (exact) mass is 390 g/mol. The minimum Gasteiger partial charge on any atom is -0.462 e. The van der Waals surface area contributed by atoms with Gasteiger partial charge in [-0.2, -0.15) is 0 Å². The quantitative estimate of drug-likeness (QED) is 0.350. The van der Waals surface area contributed by atoms with Gasteiger partial charge in [-0.15, -0.1) is 0 Å². The van der Waals surface area contributed by atoms with Crippen LogP contribution < -0.4 is 0 Å². The lowest BCUT2D eigenvalue weighted by Gasteiger charge is -2.30. The van der Waals surface area contributed by atoms with Crippen molar-refractivity contribution in [1.29, 1.82) is 0 Å². The summed E-state index contributed by atoms with van der Waals surface area (Å²) in [7, 11) is 0. The van der Waals surface area contributed by atoms with Crippen molar-refractivity contribution < 1.29 is 52.5 Å². The summed E-state index contributed by atoms with van der Waals surface area (Å²) in [6.45, 7) is 3.81. The number of carbonyl (C=O) groups excluding carboxylic acids is 6. The standard InChI is InChI=1S/C16H22O11/c1-8(17)23-6-13(22)15(26-11(4)20)16(27-12(5)21)14(25-10(3)19)7-24-9(2)18/h14-16H,6-7H2,1-5H3/t14-,15-,16-/m0/s1. The van der Waals surface area contributed by atoms with E-state index < -0.39 is 67.2 Å². The van der Waals surface area contributed by atoms with Gasteiger partial charge < -0.3 is 23.7 Å². The molecule has 0 radical (unpaired) electrons. The Bertz CT molecular complexity index is 595. The number of ether oxygens (including phenoxy) is 5. The lowest BCUT2D eigenvalue weighted by atomic mass is 10.0. The van der Waals surface area contributed by atoms with E-state index in [9.17, 15) is 28.8 Å². The number of Topliss-reactive ketones (excluding diaryl/α,β-unsaturated/α-hetero) is 1. The molecule has 11 nitrogen and oxygen atoms in total. The van der Waals surface area contributed by atoms with Crippen LogP contribution in [-0.2, 0) is 52.5 Å². The molecule has 0 aliphatic rings. The highest BCUT2D eigenvalue weighted by Crippen LogP contribution is 2.16. The number of rotatable bonds is 10. The minimum atomic E-state index is -1.77. The molecule has 0 rings (SSSR count). The largest absolute Gasteiger partial charge is 0.462 e. The van der Waals surface area contributed by atoms with Crippen LogP contribution in [0.2, 0.25) is 0 Å². The van der Waals surface area contributed by atoms with Crippen LogP contribution in [0.1, 0.15) is 34.6 Å². The maximum absolute atomic E-state index is 12.3. The Morgan fingerprint density at radius 1 is 0.630 bits per heavy atom. The second-order valence-corrected chi connectivity index (χ2v) is 5.30. The molecule has 0 aromatic rings. The van der Waals surface area contributed by atoms with Crippen molar-refractivity contribution in [3.63, 3.8) is 0 Å². The Labute approximate surface area is 155 Å². The maximum Gasteiger partial charge on any atom is 0.303 e. The highest BCUT2D eigenvalue weighted by molar-refractivity contribution is 5.88. The molecular weight excluding hydrogens is 368 g/mol. The van der Waals surface area contributed by atoms with Gasteiger partial charge in [-0.1, -0.05) is 0 Å². The number of hydrogen-bond acceptors (Lipinski definition) is 11. The molecule has 0 fully saturated rings. The van der Waals surface area contributed by atoms with E-state index in [-0.39, 0.29) is 0 Å². The molecule has 0 heterocycles. The van der Waals surface area contributed by atoms with Gasteiger partial charge in [-0.3, -0.25) is 28.8 Å². The molecule has 0 aliphatic heterocycles. The van der Waals surface area contributed by atoms with Crippen LogP contribution in [0, 0.1) is 0 Å². The van der Waals surface area contributed by atoms with Crippen LogP contribution in [-0.4, -0.2) is 67.2 Å². The van der Waals surface area contributed by atoms with Crippen LogP contribution in [0.5, 0.6) is 0 Å². The van der Waals surface area contributed by atoms with Crippen LogP contribution in [0.4, 0.5) is 0 Å². The van der Waals surface area contributed by atoms with Gasteiger partial charge in [0.05, 0.1) is 0 Å². The van der Waals surface area contributed by atoms with E-state index >= 15 is 0 Å². The first kappa shape index (κ1) is 24.0. The van der Waals surface area contributed by atoms with Crippen LogP contribution >= 0.6 is 0 Å². The molecule has 0 aromatic carbocycles. The molecule has 27 heavy (non-hydrogen) atoms. The summed E-state index contributed by atoms with van der Waals surface area (Å²) >= 11 is 0. The first-order valence-corrected chi connectivity index (χ1v) is 7.75. The average Bonchev–Trinajstić information content (AvgIpc) is 2.51. The molecule has 0 unspecified atom stereocenters. The van der Waals surface area contributed by atoms with Gasteiger partial charge in [-0.05, 0) is 0 Å². The molecule has 0 saturated carbocycles. The second kappa shape index (κ2) is 11.6. The molecule has 11 heteroatoms. The molecule has 0 aliphatic carbocycles. The SMILES string of the molecule is CC(=O)OCC(=O)[C@H](OC(C)=O)[C@@H](OC(C)=O)[C@H](COC(C)=O)OC(C)=O. The van der Waals surface area contributed by atoms with Crippen molar-refractivity contribution >= 4 is 35.6 Å². The summed E-state index contributed by atoms with van der Waals surface area (Å²) in [6, 6.07) is 0. The molecule has 3 atom stereocenters. The average molecular weight is 390 g/mol. The smallest absolute Gasteiger partial charge is 0.303 e. The third kappa shape index (κ3) is 10.6. The van der Waals surface area contributed by atoms with Gasteiger partial charge in [0.2, 0.25) is 11.9 Å². The predicted molar refractivity (Wildman–Crippen MR) is 84.9 cm³/mol. The number of hydrogen-bond donors (Lipinski definition) is 0. The molecule has 0 saturated heterocycles. The van der Waals surface area contributed by atoms with Crippen molar-refractivity contribution in [2.24, 2.45) is 0 Å². The fourth-order valence-corrected chi connectivity index (χ4v) is 1.88. The van der Waals surface area contributed by atoms with Crippen molar-refractivity contribution in [2.45, 2.75) is 52.9 Å². The van der Waals surface area contributed by atoms with E-state index in [0.29, 0.717) is 0 Å². The third-order valence-corrected chi connectivity index (χ3v) is 2.76. The van der Waals surface area contributed by atoms with E-state index in [1.165, 1.54) is 0 Å². The Morgan fingerprint density at radius 3 is 1.52 bits per heavy atom. The highest BCUT2D eigenvalue weighted by atomic mass is 16.6. The van der Waals surface area contributed by atoms with E-state index in [1.54, 1.807) is 0 Å². The number of esters is 5. The van der Waals surface area contributed by atoms with Crippen LogP contribution in [0.3, 0.4) is 0 Å². The van der Waals surface area contributed by atoms with Crippen LogP contribution in [0.15, 0.2) is 0 Å². The summed E-state index contributed by atoms with van der Waals surface area (Å²) < 4.78 is 24.2. The Hall–Kier alpha value is -2.98. The zero-order valence-electron chi connectivity index (χ0n) is 15.6. The van der Waals surface area contributed by atoms with Gasteiger partial charge >= 0.3 is 29.8 Å². The fourth-order valence-electron chi connectivity index (χ4n) is 1.88. The summed E-state index contributed by atoms with van der Waals surface area (Å²) in [5, 5.41) is 0. The predicted octanol–water partition coefficient (Wildman–Crippen LogP) is -0.523. The van der Waals surface area contributed by atoms with E-state index in [4.69, 9.17) is 18.9 Å². The molecule has 0 amide bonds. The molecule has 0 aromatic heterocycles. The van der Waals surface area contributed by atoms with E-state index in [0.717, 1.165) is 34.6 Å². The number of ketones is 1. The minimum absolute atomic E-state index is 0.578. The third-order valence-electron chi connectivity index (χ3n) is 2.76. The first-order chi connectivity index (χ1) is 12.4. The summed E-state index contributed by atoms with van der Waals surface area (Å²) in [6.07, 6.45) is -4.87. The van der Waals surface area contributed by atoms with E-state index in [2.05, 4.69) is 4.74 Å². The first-order valence-electron chi connectivity index (χ1n) is 7.75. The van der Waals surface area contributed by atoms with Gasteiger partial charge in [0.25, 0.3) is 0 Å². The maximum atomic E-state index is 12.3. The van der Waals surface area contributed by atoms with Gasteiger partial charge in [0.15, 0.2) is 18.8 Å². The van der Waals surface area contributed by atoms with E-state index in [1.807, 2.05) is 0 Å². The zero-order valence-corrected chi connectivity index (χ0v) is 15.6. The highest BCUT2D eigenvalue weighted by Gasteiger charge is 2.42. The summed E-state index contributed by atoms with van der Waals surface area (Å²) in [4.78, 5) is 68.5. The van der Waals surface area contributed by atoms with Crippen molar-refractivity contribution in [3.8, 4) is 0 Å². The molecule has 0 spiro atoms.